The van der Waals surface area contributed by atoms with Crippen LogP contribution >= 0.6 is 0 Å². The molecule has 1 amide bonds. The first-order valence-corrected chi connectivity index (χ1v) is 12.1. The van der Waals surface area contributed by atoms with E-state index in [-0.39, 0.29) is 24.2 Å². The van der Waals surface area contributed by atoms with Crippen LogP contribution in [0.2, 0.25) is 0 Å². The van der Waals surface area contributed by atoms with E-state index in [4.69, 9.17) is 0 Å². The third-order valence-electron chi connectivity index (χ3n) is 5.96. The summed E-state index contributed by atoms with van der Waals surface area (Å²) in [7, 11) is -3.51. The molecule has 2 aliphatic rings. The summed E-state index contributed by atoms with van der Waals surface area (Å²) in [6.07, 6.45) is 1.97. The van der Waals surface area contributed by atoms with Crippen molar-refractivity contribution < 1.29 is 30.8 Å². The SMILES string of the molecule is CS(=O)(=O)N[C@H]1CCCN(C(=O)C2C(c3ccccc3-c3c(F)cccc3F)C2(F)F)C1. The molecule has 1 heterocycles. The van der Waals surface area contributed by atoms with Crippen molar-refractivity contribution in [3.8, 4) is 11.1 Å². The summed E-state index contributed by atoms with van der Waals surface area (Å²) in [4.78, 5) is 14.2. The number of halogens is 4. The molecule has 1 saturated carbocycles. The van der Waals surface area contributed by atoms with Gasteiger partial charge in [0.1, 0.15) is 17.6 Å². The van der Waals surface area contributed by atoms with Crippen molar-refractivity contribution in [1.82, 2.24) is 9.62 Å². The van der Waals surface area contributed by atoms with Crippen LogP contribution in [-0.2, 0) is 14.8 Å². The number of hydrogen-bond donors (Lipinski definition) is 1. The molecule has 0 radical (unpaired) electrons. The fourth-order valence-electron chi connectivity index (χ4n) is 4.54. The standard InChI is InChI=1S/C22H22F4N2O3S/c1-32(30,31)27-13-6-5-11-28(12-13)21(29)20-19(22(20,25)26)15-8-3-2-7-14(15)18-16(23)9-4-10-17(18)24/h2-4,7-10,13,19-20,27H,5-6,11-12H2,1H3/t13-,19?,20?/m0/s1. The second-order valence-corrected chi connectivity index (χ2v) is 10.1. The van der Waals surface area contributed by atoms with Crippen LogP contribution in [0.5, 0.6) is 0 Å². The summed E-state index contributed by atoms with van der Waals surface area (Å²) < 4.78 is 83.9. The second-order valence-electron chi connectivity index (χ2n) is 8.33. The van der Waals surface area contributed by atoms with Crippen LogP contribution in [-0.4, -0.2) is 50.5 Å². The Kier molecular flexibility index (Phi) is 5.79. The lowest BCUT2D eigenvalue weighted by atomic mass is 9.94. The van der Waals surface area contributed by atoms with Crippen molar-refractivity contribution in [1.29, 1.82) is 0 Å². The molecule has 1 saturated heterocycles. The minimum absolute atomic E-state index is 0.00247. The molecule has 0 bridgehead atoms. The summed E-state index contributed by atoms with van der Waals surface area (Å²) in [6, 6.07) is 8.43. The smallest absolute Gasteiger partial charge is 0.268 e. The van der Waals surface area contributed by atoms with Gasteiger partial charge in [0.15, 0.2) is 0 Å². The van der Waals surface area contributed by atoms with Gasteiger partial charge < -0.3 is 4.90 Å². The minimum Gasteiger partial charge on any atom is -0.341 e. The van der Waals surface area contributed by atoms with Crippen molar-refractivity contribution in [2.24, 2.45) is 5.92 Å². The highest BCUT2D eigenvalue weighted by Crippen LogP contribution is 2.63. The molecule has 2 fully saturated rings. The quantitative estimate of drug-likeness (QED) is 0.680. The maximum atomic E-state index is 14.9. The second kappa shape index (κ2) is 8.15. The Bertz CT molecular complexity index is 1140. The molecule has 5 nitrogen and oxygen atoms in total. The van der Waals surface area contributed by atoms with Crippen LogP contribution in [0.1, 0.15) is 24.3 Å². The van der Waals surface area contributed by atoms with E-state index in [1.807, 2.05) is 0 Å². The van der Waals surface area contributed by atoms with Gasteiger partial charge in [-0.25, -0.2) is 30.7 Å². The summed E-state index contributed by atoms with van der Waals surface area (Å²) in [5, 5.41) is 0. The number of rotatable bonds is 5. The minimum atomic E-state index is -3.51. The normalized spacial score (nSPS) is 24.9. The fourth-order valence-corrected chi connectivity index (χ4v) is 5.34. The first-order valence-electron chi connectivity index (χ1n) is 10.2. The van der Waals surface area contributed by atoms with Crippen LogP contribution in [0.3, 0.4) is 0 Å². The van der Waals surface area contributed by atoms with Gasteiger partial charge in [-0.05, 0) is 36.1 Å². The van der Waals surface area contributed by atoms with Crippen molar-refractivity contribution in [2.45, 2.75) is 30.7 Å². The molecule has 2 unspecified atom stereocenters. The van der Waals surface area contributed by atoms with Gasteiger partial charge in [-0.15, -0.1) is 0 Å². The number of nitrogens with zero attached hydrogens (tertiary/aromatic N) is 1. The van der Waals surface area contributed by atoms with E-state index < -0.39 is 56.9 Å². The van der Waals surface area contributed by atoms with E-state index in [2.05, 4.69) is 4.72 Å². The zero-order valence-corrected chi connectivity index (χ0v) is 18.0. The summed E-state index contributed by atoms with van der Waals surface area (Å²) >= 11 is 0. The molecule has 1 aliphatic carbocycles. The number of nitrogens with one attached hydrogen (secondary N) is 1. The number of piperidine rings is 1. The molecule has 0 spiro atoms. The van der Waals surface area contributed by atoms with Gasteiger partial charge in [0.05, 0.1) is 17.7 Å². The molecule has 32 heavy (non-hydrogen) atoms. The van der Waals surface area contributed by atoms with Gasteiger partial charge >= 0.3 is 0 Å². The predicted molar refractivity (Wildman–Crippen MR) is 111 cm³/mol. The van der Waals surface area contributed by atoms with Crippen molar-refractivity contribution in [2.75, 3.05) is 19.3 Å². The van der Waals surface area contributed by atoms with Crippen LogP contribution in [0.25, 0.3) is 11.1 Å². The van der Waals surface area contributed by atoms with Gasteiger partial charge in [-0.1, -0.05) is 30.3 Å². The maximum absolute atomic E-state index is 14.9. The largest absolute Gasteiger partial charge is 0.341 e. The van der Waals surface area contributed by atoms with Crippen molar-refractivity contribution in [3.05, 3.63) is 59.7 Å². The Morgan fingerprint density at radius 3 is 2.41 bits per heavy atom. The van der Waals surface area contributed by atoms with E-state index in [0.29, 0.717) is 12.8 Å². The summed E-state index contributed by atoms with van der Waals surface area (Å²) in [6.45, 7) is 0.235. The number of likely N-dealkylation sites (tertiary alicyclic amines) is 1. The third-order valence-corrected chi connectivity index (χ3v) is 6.72. The lowest BCUT2D eigenvalue weighted by molar-refractivity contribution is -0.136. The highest BCUT2D eigenvalue weighted by Gasteiger charge is 2.73. The van der Waals surface area contributed by atoms with E-state index in [1.54, 1.807) is 0 Å². The topological polar surface area (TPSA) is 66.5 Å². The number of amides is 1. The fraction of sp³-hybridized carbons (Fsp3) is 0.409. The summed E-state index contributed by atoms with van der Waals surface area (Å²) in [5.74, 6) is -9.12. The van der Waals surface area contributed by atoms with Gasteiger partial charge in [-0.2, -0.15) is 0 Å². The lowest BCUT2D eigenvalue weighted by Crippen LogP contribution is -2.50. The molecular formula is C22H22F4N2O3S. The van der Waals surface area contributed by atoms with Crippen LogP contribution in [0.15, 0.2) is 42.5 Å². The first-order chi connectivity index (χ1) is 15.0. The van der Waals surface area contributed by atoms with Crippen molar-refractivity contribution >= 4 is 15.9 Å². The van der Waals surface area contributed by atoms with Gasteiger partial charge in [0.2, 0.25) is 15.9 Å². The first kappa shape index (κ1) is 22.7. The Morgan fingerprint density at radius 2 is 1.75 bits per heavy atom. The molecule has 2 aromatic rings. The number of sulfonamides is 1. The molecule has 10 heteroatoms. The molecule has 3 atom stereocenters. The zero-order valence-electron chi connectivity index (χ0n) is 17.2. The Balaban J connectivity index is 1.62. The molecular weight excluding hydrogens is 448 g/mol. The monoisotopic (exact) mass is 470 g/mol. The predicted octanol–water partition coefficient (Wildman–Crippen LogP) is 3.52. The highest BCUT2D eigenvalue weighted by atomic mass is 32.2. The average molecular weight is 470 g/mol. The molecule has 172 valence electrons. The van der Waals surface area contributed by atoms with Crippen LogP contribution < -0.4 is 4.72 Å². The number of hydrogen-bond acceptors (Lipinski definition) is 3. The molecule has 1 N–H and O–H groups in total. The highest BCUT2D eigenvalue weighted by molar-refractivity contribution is 7.88. The molecule has 1 aliphatic heterocycles. The summed E-state index contributed by atoms with van der Waals surface area (Å²) in [5.41, 5.74) is -0.423. The maximum Gasteiger partial charge on any atom is 0.268 e. The molecule has 2 aromatic carbocycles. The molecule has 4 rings (SSSR count). The number of carbonyl (C=O) groups is 1. The van der Waals surface area contributed by atoms with E-state index in [1.165, 1.54) is 35.2 Å². The molecule has 0 aromatic heterocycles. The van der Waals surface area contributed by atoms with E-state index in [9.17, 15) is 30.8 Å². The number of benzene rings is 2. The van der Waals surface area contributed by atoms with E-state index in [0.717, 1.165) is 18.4 Å². The third kappa shape index (κ3) is 4.25. The van der Waals surface area contributed by atoms with Gasteiger partial charge in [-0.3, -0.25) is 4.79 Å². The van der Waals surface area contributed by atoms with Gasteiger partial charge in [0.25, 0.3) is 5.92 Å². The number of carbonyl (C=O) groups excluding carboxylic acids is 1. The zero-order chi connectivity index (χ0) is 23.3. The Hall–Kier alpha value is -2.46. The Labute approximate surface area is 183 Å². The van der Waals surface area contributed by atoms with Crippen LogP contribution in [0, 0.1) is 17.6 Å². The Morgan fingerprint density at radius 1 is 1.09 bits per heavy atom. The van der Waals surface area contributed by atoms with Crippen molar-refractivity contribution in [3.63, 3.8) is 0 Å². The lowest BCUT2D eigenvalue weighted by Gasteiger charge is -2.33. The average Bonchev–Trinajstić information content (AvgIpc) is 3.28. The van der Waals surface area contributed by atoms with Gasteiger partial charge in [0, 0.05) is 19.1 Å². The van der Waals surface area contributed by atoms with E-state index >= 15 is 0 Å². The number of alkyl halides is 2. The van der Waals surface area contributed by atoms with Crippen LogP contribution in [0.4, 0.5) is 17.6 Å².